The van der Waals surface area contributed by atoms with Gasteiger partial charge in [-0.25, -0.2) is 0 Å². The number of aryl methyl sites for hydroxylation is 2. The lowest BCUT2D eigenvalue weighted by atomic mass is 10.1. The number of rotatable bonds is 5. The number of benzene rings is 1. The van der Waals surface area contributed by atoms with Gasteiger partial charge in [-0.1, -0.05) is 17.2 Å². The summed E-state index contributed by atoms with van der Waals surface area (Å²) in [5, 5.41) is 5.41. The van der Waals surface area contributed by atoms with E-state index in [1.807, 2.05) is 32.0 Å². The highest BCUT2D eigenvalue weighted by Crippen LogP contribution is 2.10. The Bertz CT molecular complexity index is 502. The van der Waals surface area contributed by atoms with E-state index in [9.17, 15) is 9.59 Å². The van der Waals surface area contributed by atoms with E-state index < -0.39 is 0 Å². The van der Waals surface area contributed by atoms with E-state index in [-0.39, 0.29) is 24.5 Å². The van der Waals surface area contributed by atoms with Crippen LogP contribution in [0.1, 0.15) is 34.3 Å². The van der Waals surface area contributed by atoms with Gasteiger partial charge in [0.1, 0.15) is 0 Å². The molecular formula is C16H22N2O3. The molecule has 5 nitrogen and oxygen atoms in total. The number of ether oxygens (including phenoxy) is 1. The SMILES string of the molecule is Cc1cc(C)cc(C(=O)NCC(=O)NCC2CCCO2)c1. The summed E-state index contributed by atoms with van der Waals surface area (Å²) in [7, 11) is 0. The molecule has 21 heavy (non-hydrogen) atoms. The maximum absolute atomic E-state index is 12.0. The van der Waals surface area contributed by atoms with Crippen LogP contribution >= 0.6 is 0 Å². The van der Waals surface area contributed by atoms with E-state index in [0.717, 1.165) is 30.6 Å². The second-order valence-electron chi connectivity index (χ2n) is 5.50. The molecule has 0 radical (unpaired) electrons. The predicted molar refractivity (Wildman–Crippen MR) is 80.2 cm³/mol. The molecule has 1 aliphatic heterocycles. The van der Waals surface area contributed by atoms with Gasteiger partial charge in [0.25, 0.3) is 5.91 Å². The van der Waals surface area contributed by atoms with Gasteiger partial charge in [0.05, 0.1) is 12.6 Å². The molecule has 1 fully saturated rings. The van der Waals surface area contributed by atoms with Crippen molar-refractivity contribution in [2.45, 2.75) is 32.8 Å². The van der Waals surface area contributed by atoms with Crippen molar-refractivity contribution in [1.82, 2.24) is 10.6 Å². The maximum atomic E-state index is 12.0. The topological polar surface area (TPSA) is 67.4 Å². The molecule has 2 rings (SSSR count). The molecule has 1 unspecified atom stereocenters. The second kappa shape index (κ2) is 7.22. The van der Waals surface area contributed by atoms with Crippen molar-refractivity contribution in [3.8, 4) is 0 Å². The molecule has 0 aliphatic carbocycles. The van der Waals surface area contributed by atoms with Crippen molar-refractivity contribution in [3.63, 3.8) is 0 Å². The fourth-order valence-corrected chi connectivity index (χ4v) is 2.46. The highest BCUT2D eigenvalue weighted by molar-refractivity contribution is 5.96. The summed E-state index contributed by atoms with van der Waals surface area (Å²) in [5.74, 6) is -0.419. The first kappa shape index (κ1) is 15.5. The Labute approximate surface area is 125 Å². The largest absolute Gasteiger partial charge is 0.376 e. The highest BCUT2D eigenvalue weighted by Gasteiger charge is 2.16. The molecule has 0 bridgehead atoms. The van der Waals surface area contributed by atoms with E-state index in [2.05, 4.69) is 10.6 Å². The van der Waals surface area contributed by atoms with Crippen LogP contribution in [0, 0.1) is 13.8 Å². The van der Waals surface area contributed by atoms with Crippen LogP contribution in [0.15, 0.2) is 18.2 Å². The zero-order chi connectivity index (χ0) is 15.2. The van der Waals surface area contributed by atoms with Gasteiger partial charge < -0.3 is 15.4 Å². The van der Waals surface area contributed by atoms with Gasteiger partial charge in [-0.15, -0.1) is 0 Å². The van der Waals surface area contributed by atoms with Gasteiger partial charge in [-0.3, -0.25) is 9.59 Å². The summed E-state index contributed by atoms with van der Waals surface area (Å²) in [5.41, 5.74) is 2.64. The first-order chi connectivity index (χ1) is 10.0. The molecular weight excluding hydrogens is 268 g/mol. The molecule has 5 heteroatoms. The van der Waals surface area contributed by atoms with Crippen molar-refractivity contribution in [3.05, 3.63) is 34.9 Å². The number of amides is 2. The Morgan fingerprint density at radius 1 is 1.19 bits per heavy atom. The molecule has 1 atom stereocenters. The standard InChI is InChI=1S/C16H22N2O3/c1-11-6-12(2)8-13(7-11)16(20)18-10-15(19)17-9-14-4-3-5-21-14/h6-8,14H,3-5,9-10H2,1-2H3,(H,17,19)(H,18,20). The van der Waals surface area contributed by atoms with Crippen molar-refractivity contribution in [2.24, 2.45) is 0 Å². The summed E-state index contributed by atoms with van der Waals surface area (Å²) in [6, 6.07) is 5.63. The Morgan fingerprint density at radius 2 is 1.90 bits per heavy atom. The number of nitrogens with one attached hydrogen (secondary N) is 2. The van der Waals surface area contributed by atoms with Gasteiger partial charge in [0.2, 0.25) is 5.91 Å². The van der Waals surface area contributed by atoms with Gasteiger partial charge in [0, 0.05) is 18.7 Å². The average molecular weight is 290 g/mol. The molecule has 1 aromatic carbocycles. The number of carbonyl (C=O) groups is 2. The zero-order valence-electron chi connectivity index (χ0n) is 12.6. The maximum Gasteiger partial charge on any atom is 0.251 e. The fraction of sp³-hybridized carbons (Fsp3) is 0.500. The van der Waals surface area contributed by atoms with Crippen LogP contribution in [0.4, 0.5) is 0 Å². The first-order valence-corrected chi connectivity index (χ1v) is 7.29. The van der Waals surface area contributed by atoms with Crippen LogP contribution in [0.25, 0.3) is 0 Å². The Morgan fingerprint density at radius 3 is 2.52 bits per heavy atom. The third-order valence-electron chi connectivity index (χ3n) is 3.44. The van der Waals surface area contributed by atoms with E-state index in [0.29, 0.717) is 12.1 Å². The minimum Gasteiger partial charge on any atom is -0.376 e. The smallest absolute Gasteiger partial charge is 0.251 e. The fourth-order valence-electron chi connectivity index (χ4n) is 2.46. The van der Waals surface area contributed by atoms with Crippen LogP contribution < -0.4 is 10.6 Å². The molecule has 1 saturated heterocycles. The van der Waals surface area contributed by atoms with Crippen LogP contribution in [0.3, 0.4) is 0 Å². The van der Waals surface area contributed by atoms with Crippen LogP contribution in [0.5, 0.6) is 0 Å². The van der Waals surface area contributed by atoms with E-state index in [4.69, 9.17) is 4.74 Å². The van der Waals surface area contributed by atoms with Crippen molar-refractivity contribution in [1.29, 1.82) is 0 Å². The Hall–Kier alpha value is -1.88. The summed E-state index contributed by atoms with van der Waals surface area (Å²) >= 11 is 0. The second-order valence-corrected chi connectivity index (χ2v) is 5.50. The summed E-state index contributed by atoms with van der Waals surface area (Å²) in [6.45, 7) is 5.15. The number of hydrogen-bond donors (Lipinski definition) is 2. The van der Waals surface area contributed by atoms with E-state index in [1.54, 1.807) is 0 Å². The van der Waals surface area contributed by atoms with Gasteiger partial charge in [-0.2, -0.15) is 0 Å². The molecule has 1 aromatic rings. The molecule has 114 valence electrons. The van der Waals surface area contributed by atoms with Crippen LogP contribution in [-0.4, -0.2) is 37.6 Å². The first-order valence-electron chi connectivity index (χ1n) is 7.29. The third-order valence-corrected chi connectivity index (χ3v) is 3.44. The third kappa shape index (κ3) is 4.86. The van der Waals surface area contributed by atoms with Crippen molar-refractivity contribution in [2.75, 3.05) is 19.7 Å². The average Bonchev–Trinajstić information content (AvgIpc) is 2.94. The zero-order valence-corrected chi connectivity index (χ0v) is 12.6. The summed E-state index contributed by atoms with van der Waals surface area (Å²) < 4.78 is 5.42. The Kier molecular flexibility index (Phi) is 5.33. The summed E-state index contributed by atoms with van der Waals surface area (Å²) in [6.07, 6.45) is 2.14. The normalized spacial score (nSPS) is 17.5. The molecule has 1 heterocycles. The lowest BCUT2D eigenvalue weighted by molar-refractivity contribution is -0.120. The quantitative estimate of drug-likeness (QED) is 0.859. The molecule has 2 N–H and O–H groups in total. The van der Waals surface area contributed by atoms with Gasteiger partial charge in [0.15, 0.2) is 0 Å². The predicted octanol–water partition coefficient (Wildman–Crippen LogP) is 1.33. The molecule has 0 spiro atoms. The van der Waals surface area contributed by atoms with Crippen LogP contribution in [-0.2, 0) is 9.53 Å². The van der Waals surface area contributed by atoms with Gasteiger partial charge in [-0.05, 0) is 38.8 Å². The molecule has 0 aromatic heterocycles. The highest BCUT2D eigenvalue weighted by atomic mass is 16.5. The van der Waals surface area contributed by atoms with Crippen molar-refractivity contribution >= 4 is 11.8 Å². The monoisotopic (exact) mass is 290 g/mol. The number of hydrogen-bond acceptors (Lipinski definition) is 3. The number of carbonyl (C=O) groups excluding carboxylic acids is 2. The lowest BCUT2D eigenvalue weighted by Crippen LogP contribution is -2.39. The molecule has 0 saturated carbocycles. The van der Waals surface area contributed by atoms with E-state index in [1.165, 1.54) is 0 Å². The lowest BCUT2D eigenvalue weighted by Gasteiger charge is -2.11. The Balaban J connectivity index is 1.76. The minimum absolute atomic E-state index is 0.0153. The van der Waals surface area contributed by atoms with E-state index >= 15 is 0 Å². The summed E-state index contributed by atoms with van der Waals surface area (Å²) in [4.78, 5) is 23.7. The molecule has 2 amide bonds. The van der Waals surface area contributed by atoms with Crippen molar-refractivity contribution < 1.29 is 14.3 Å². The molecule has 1 aliphatic rings. The van der Waals surface area contributed by atoms with Crippen LogP contribution in [0.2, 0.25) is 0 Å². The van der Waals surface area contributed by atoms with Gasteiger partial charge >= 0.3 is 0 Å². The minimum atomic E-state index is -0.228.